The van der Waals surface area contributed by atoms with Crippen molar-refractivity contribution in [1.82, 2.24) is 0 Å². The summed E-state index contributed by atoms with van der Waals surface area (Å²) in [6.45, 7) is 0.121. The lowest BCUT2D eigenvalue weighted by atomic mass is 10.1. The van der Waals surface area contributed by atoms with Gasteiger partial charge in [-0.05, 0) is 36.4 Å². The number of hydrogen-bond acceptors (Lipinski definition) is 3. The molecule has 0 saturated heterocycles. The first-order chi connectivity index (χ1) is 11.5. The van der Waals surface area contributed by atoms with Gasteiger partial charge in [-0.15, -0.1) is 0 Å². The summed E-state index contributed by atoms with van der Waals surface area (Å²) in [6, 6.07) is 8.54. The fourth-order valence-electron chi connectivity index (χ4n) is 2.16. The van der Waals surface area contributed by atoms with Gasteiger partial charge < -0.3 is 14.7 Å². The average molecular weight is 335 g/mol. The van der Waals surface area contributed by atoms with Gasteiger partial charge in [0.25, 0.3) is 5.91 Å². The molecule has 0 unspecified atom stereocenters. The minimum atomic E-state index is -1.43. The highest BCUT2D eigenvalue weighted by Gasteiger charge is 2.23. The molecule has 126 valence electrons. The Labute approximate surface area is 137 Å². The molecule has 0 spiro atoms. The van der Waals surface area contributed by atoms with Crippen LogP contribution < -0.4 is 4.90 Å². The minimum Gasteiger partial charge on any atom is -0.478 e. The van der Waals surface area contributed by atoms with E-state index in [1.54, 1.807) is 0 Å². The van der Waals surface area contributed by atoms with Gasteiger partial charge >= 0.3 is 5.97 Å². The maximum atomic E-state index is 14.5. The van der Waals surface area contributed by atoms with Crippen LogP contribution in [0.5, 0.6) is 0 Å². The molecule has 0 fully saturated rings. The van der Waals surface area contributed by atoms with Crippen LogP contribution in [-0.4, -0.2) is 37.2 Å². The molecule has 7 heteroatoms. The number of carboxylic acid groups (broad SMARTS) is 1. The van der Waals surface area contributed by atoms with Gasteiger partial charge in [0.05, 0.1) is 17.9 Å². The van der Waals surface area contributed by atoms with E-state index in [1.807, 2.05) is 0 Å². The zero-order chi connectivity index (χ0) is 17.7. The Balaban J connectivity index is 2.45. The van der Waals surface area contributed by atoms with Crippen molar-refractivity contribution in [1.29, 1.82) is 0 Å². The molecule has 0 aliphatic rings. The van der Waals surface area contributed by atoms with Crippen LogP contribution in [0, 0.1) is 11.6 Å². The van der Waals surface area contributed by atoms with Crippen LogP contribution in [0.15, 0.2) is 42.5 Å². The number of hydrogen-bond donors (Lipinski definition) is 1. The van der Waals surface area contributed by atoms with Gasteiger partial charge in [0.15, 0.2) is 5.82 Å². The van der Waals surface area contributed by atoms with Crippen molar-refractivity contribution < 1.29 is 28.2 Å². The van der Waals surface area contributed by atoms with Crippen LogP contribution >= 0.6 is 0 Å². The third-order valence-corrected chi connectivity index (χ3v) is 3.35. The maximum absolute atomic E-state index is 14.5. The standard InChI is InChI=1S/C17H15F2NO4/c1-24-10-9-20(16(21)11-5-7-12(18)8-6-11)14-4-2-3-13(15(14)19)17(22)23/h2-8H,9-10H2,1H3,(H,22,23). The third kappa shape index (κ3) is 3.75. The molecule has 0 aromatic heterocycles. The van der Waals surface area contributed by atoms with Crippen molar-refractivity contribution in [2.24, 2.45) is 0 Å². The van der Waals surface area contributed by atoms with Crippen molar-refractivity contribution in [2.75, 3.05) is 25.2 Å². The predicted molar refractivity (Wildman–Crippen MR) is 83.3 cm³/mol. The first-order valence-corrected chi connectivity index (χ1v) is 7.04. The lowest BCUT2D eigenvalue weighted by Crippen LogP contribution is -2.35. The number of carbonyl (C=O) groups is 2. The number of halogens is 2. The van der Waals surface area contributed by atoms with E-state index in [-0.39, 0.29) is 24.4 Å². The third-order valence-electron chi connectivity index (χ3n) is 3.35. The zero-order valence-electron chi connectivity index (χ0n) is 12.8. The van der Waals surface area contributed by atoms with Crippen LogP contribution in [0.1, 0.15) is 20.7 Å². The number of rotatable bonds is 6. The van der Waals surface area contributed by atoms with Crippen molar-refractivity contribution in [3.8, 4) is 0 Å². The lowest BCUT2D eigenvalue weighted by molar-refractivity contribution is 0.0691. The summed E-state index contributed by atoms with van der Waals surface area (Å²) in [7, 11) is 1.42. The Morgan fingerprint density at radius 3 is 2.38 bits per heavy atom. The summed E-state index contributed by atoms with van der Waals surface area (Å²) in [5.74, 6) is -3.55. The fraction of sp³-hybridized carbons (Fsp3) is 0.176. The summed E-state index contributed by atoms with van der Waals surface area (Å²) in [6.07, 6.45) is 0. The normalized spacial score (nSPS) is 10.5. The largest absolute Gasteiger partial charge is 0.478 e. The molecule has 0 aliphatic carbocycles. The van der Waals surface area contributed by atoms with Crippen LogP contribution in [0.2, 0.25) is 0 Å². The molecule has 0 aliphatic heterocycles. The second-order valence-electron chi connectivity index (χ2n) is 4.90. The van der Waals surface area contributed by atoms with Crippen LogP contribution in [0.4, 0.5) is 14.5 Å². The first kappa shape index (κ1) is 17.6. The Morgan fingerprint density at radius 1 is 1.12 bits per heavy atom. The molecule has 1 amide bonds. The highest BCUT2D eigenvalue weighted by atomic mass is 19.1. The Hall–Kier alpha value is -2.80. The molecule has 0 radical (unpaired) electrons. The average Bonchev–Trinajstić information content (AvgIpc) is 2.56. The molecule has 0 bridgehead atoms. The second kappa shape index (κ2) is 7.65. The van der Waals surface area contributed by atoms with Gasteiger partial charge in [-0.25, -0.2) is 13.6 Å². The monoisotopic (exact) mass is 335 g/mol. The van der Waals surface area contributed by atoms with Crippen LogP contribution in [0.3, 0.4) is 0 Å². The zero-order valence-corrected chi connectivity index (χ0v) is 12.8. The van der Waals surface area contributed by atoms with E-state index in [0.717, 1.165) is 23.1 Å². The van der Waals surface area contributed by atoms with E-state index in [0.29, 0.717) is 0 Å². The Bertz CT molecular complexity index is 747. The van der Waals surface area contributed by atoms with Gasteiger partial charge in [0.2, 0.25) is 0 Å². The van der Waals surface area contributed by atoms with Crippen molar-refractivity contribution >= 4 is 17.6 Å². The molecule has 0 heterocycles. The maximum Gasteiger partial charge on any atom is 0.338 e. The van der Waals surface area contributed by atoms with Crippen molar-refractivity contribution in [3.63, 3.8) is 0 Å². The number of methoxy groups -OCH3 is 1. The molecule has 2 rings (SSSR count). The summed E-state index contributed by atoms with van der Waals surface area (Å²) in [5.41, 5.74) is -0.573. The van der Waals surface area contributed by atoms with Gasteiger partial charge in [-0.2, -0.15) is 0 Å². The number of nitrogens with zero attached hydrogens (tertiary/aromatic N) is 1. The molecular formula is C17H15F2NO4. The molecule has 24 heavy (non-hydrogen) atoms. The molecule has 1 N–H and O–H groups in total. The van der Waals surface area contributed by atoms with Crippen molar-refractivity contribution in [2.45, 2.75) is 0 Å². The number of aromatic carboxylic acids is 1. The fourth-order valence-corrected chi connectivity index (χ4v) is 2.16. The van der Waals surface area contributed by atoms with Gasteiger partial charge in [-0.1, -0.05) is 6.07 Å². The quantitative estimate of drug-likeness (QED) is 0.881. The summed E-state index contributed by atoms with van der Waals surface area (Å²) in [5, 5.41) is 9.02. The number of benzene rings is 2. The van der Waals surface area contributed by atoms with E-state index in [4.69, 9.17) is 9.84 Å². The summed E-state index contributed by atoms with van der Waals surface area (Å²) in [4.78, 5) is 24.8. The highest BCUT2D eigenvalue weighted by Crippen LogP contribution is 2.24. The molecule has 0 saturated carbocycles. The predicted octanol–water partition coefficient (Wildman–Crippen LogP) is 2.96. The van der Waals surface area contributed by atoms with Gasteiger partial charge in [-0.3, -0.25) is 4.79 Å². The summed E-state index contributed by atoms with van der Waals surface area (Å²) < 4.78 is 32.4. The van der Waals surface area contributed by atoms with E-state index in [9.17, 15) is 18.4 Å². The highest BCUT2D eigenvalue weighted by molar-refractivity contribution is 6.06. The number of anilines is 1. The second-order valence-corrected chi connectivity index (χ2v) is 4.90. The number of carbonyl (C=O) groups excluding carboxylic acids is 1. The lowest BCUT2D eigenvalue weighted by Gasteiger charge is -2.23. The van der Waals surface area contributed by atoms with E-state index >= 15 is 0 Å². The first-order valence-electron chi connectivity index (χ1n) is 7.04. The smallest absolute Gasteiger partial charge is 0.338 e. The van der Waals surface area contributed by atoms with Crippen LogP contribution in [0.25, 0.3) is 0 Å². The number of carboxylic acids is 1. The number of ether oxygens (including phenoxy) is 1. The topological polar surface area (TPSA) is 66.8 Å². The Kier molecular flexibility index (Phi) is 5.59. The van der Waals surface area contributed by atoms with Crippen LogP contribution in [-0.2, 0) is 4.74 Å². The molecule has 0 atom stereocenters. The van der Waals surface area contributed by atoms with Crippen molar-refractivity contribution in [3.05, 3.63) is 65.2 Å². The van der Waals surface area contributed by atoms with E-state index < -0.39 is 29.1 Å². The van der Waals surface area contributed by atoms with E-state index in [1.165, 1.54) is 31.4 Å². The molecule has 2 aromatic carbocycles. The summed E-state index contributed by atoms with van der Waals surface area (Å²) >= 11 is 0. The SMILES string of the molecule is COCCN(C(=O)c1ccc(F)cc1)c1cccc(C(=O)O)c1F. The van der Waals surface area contributed by atoms with Gasteiger partial charge in [0.1, 0.15) is 5.82 Å². The molecular weight excluding hydrogens is 320 g/mol. The molecule has 5 nitrogen and oxygen atoms in total. The minimum absolute atomic E-state index is 0.00665. The molecule has 2 aromatic rings. The van der Waals surface area contributed by atoms with Gasteiger partial charge in [0, 0.05) is 19.2 Å². The Morgan fingerprint density at radius 2 is 1.79 bits per heavy atom. The number of amides is 1. The van der Waals surface area contributed by atoms with E-state index in [2.05, 4.69) is 0 Å².